The van der Waals surface area contributed by atoms with Gasteiger partial charge in [0.05, 0.1) is 18.8 Å². The number of fused-ring (bicyclic) bond motifs is 2. The van der Waals surface area contributed by atoms with Crippen molar-refractivity contribution in [3.63, 3.8) is 0 Å². The number of nitrogens with one attached hydrogen (secondary N) is 2. The van der Waals surface area contributed by atoms with Gasteiger partial charge in [0.25, 0.3) is 0 Å². The normalized spacial score (nSPS) is 30.7. The van der Waals surface area contributed by atoms with Crippen LogP contribution in [-0.2, 0) is 16.1 Å². The molecule has 5 atom stereocenters. The third-order valence-electron chi connectivity index (χ3n) is 8.33. The number of ether oxygens (including phenoxy) is 2. The van der Waals surface area contributed by atoms with Gasteiger partial charge in [-0.05, 0) is 60.3 Å². The lowest BCUT2D eigenvalue weighted by molar-refractivity contribution is -0.253. The third kappa shape index (κ3) is 6.23. The summed E-state index contributed by atoms with van der Waals surface area (Å²) in [6, 6.07) is 16.1. The van der Waals surface area contributed by atoms with E-state index in [9.17, 15) is 9.90 Å². The molecule has 5 unspecified atom stereocenters. The molecular formula is C31H43N3O4. The summed E-state index contributed by atoms with van der Waals surface area (Å²) in [4.78, 5) is 14.8. The molecule has 0 radical (unpaired) electrons. The van der Waals surface area contributed by atoms with Gasteiger partial charge in [-0.2, -0.15) is 0 Å². The van der Waals surface area contributed by atoms with E-state index in [1.54, 1.807) is 0 Å². The highest BCUT2D eigenvalue weighted by molar-refractivity contribution is 5.89. The maximum absolute atomic E-state index is 12.1. The van der Waals surface area contributed by atoms with Crippen molar-refractivity contribution in [1.82, 2.24) is 10.2 Å². The molecule has 38 heavy (non-hydrogen) atoms. The number of carbonyl (C=O) groups excluding carboxylic acids is 1. The SMILES string of the molecule is CCNC(=O)Nc1cccc(C2OC(CN3CC4(C)CC3CC(C)(C)C4)CC(c3ccc(CO)cc3)O2)c1. The zero-order valence-electron chi connectivity index (χ0n) is 23.2. The van der Waals surface area contributed by atoms with Crippen molar-refractivity contribution in [2.45, 2.75) is 84.5 Å². The van der Waals surface area contributed by atoms with E-state index in [2.05, 4.69) is 48.4 Å². The van der Waals surface area contributed by atoms with Crippen LogP contribution in [0.3, 0.4) is 0 Å². The molecule has 5 rings (SSSR count). The predicted octanol–water partition coefficient (Wildman–Crippen LogP) is 5.77. The minimum absolute atomic E-state index is 0.0161. The van der Waals surface area contributed by atoms with Crippen LogP contribution in [0.5, 0.6) is 0 Å². The molecule has 7 nitrogen and oxygen atoms in total. The van der Waals surface area contributed by atoms with Crippen LogP contribution in [-0.4, -0.2) is 47.8 Å². The van der Waals surface area contributed by atoms with Crippen molar-refractivity contribution >= 4 is 11.7 Å². The van der Waals surface area contributed by atoms with Gasteiger partial charge in [0.15, 0.2) is 6.29 Å². The zero-order valence-corrected chi connectivity index (χ0v) is 23.2. The Balaban J connectivity index is 1.37. The fraction of sp³-hybridized carbons (Fsp3) is 0.581. The van der Waals surface area contributed by atoms with Crippen LogP contribution >= 0.6 is 0 Å². The summed E-state index contributed by atoms with van der Waals surface area (Å²) in [5, 5.41) is 15.2. The van der Waals surface area contributed by atoms with Gasteiger partial charge in [-0.15, -0.1) is 0 Å². The molecule has 2 aliphatic heterocycles. The molecule has 2 amide bonds. The van der Waals surface area contributed by atoms with Crippen molar-refractivity contribution in [2.24, 2.45) is 10.8 Å². The van der Waals surface area contributed by atoms with Crippen molar-refractivity contribution in [3.8, 4) is 0 Å². The Bertz CT molecular complexity index is 1120. The number of hydrogen-bond acceptors (Lipinski definition) is 5. The van der Waals surface area contributed by atoms with Crippen molar-refractivity contribution in [2.75, 3.05) is 25.0 Å². The number of rotatable bonds is 7. The van der Waals surface area contributed by atoms with Gasteiger partial charge in [0, 0.05) is 43.3 Å². The second-order valence-corrected chi connectivity index (χ2v) is 12.6. The quantitative estimate of drug-likeness (QED) is 0.431. The number of anilines is 1. The van der Waals surface area contributed by atoms with E-state index in [1.165, 1.54) is 19.3 Å². The van der Waals surface area contributed by atoms with E-state index in [0.717, 1.165) is 36.2 Å². The van der Waals surface area contributed by atoms with E-state index in [4.69, 9.17) is 9.47 Å². The Morgan fingerprint density at radius 2 is 1.87 bits per heavy atom. The maximum atomic E-state index is 12.1. The molecule has 3 aliphatic rings. The molecule has 2 saturated heterocycles. The molecule has 7 heteroatoms. The number of amides is 2. The topological polar surface area (TPSA) is 83.1 Å². The first-order valence-corrected chi connectivity index (χ1v) is 14.0. The summed E-state index contributed by atoms with van der Waals surface area (Å²) in [6.07, 6.45) is 3.89. The fourth-order valence-corrected chi connectivity index (χ4v) is 7.18. The average Bonchev–Trinajstić information content (AvgIpc) is 3.11. The Labute approximate surface area is 226 Å². The molecule has 2 bridgehead atoms. The first-order valence-electron chi connectivity index (χ1n) is 14.0. The molecule has 206 valence electrons. The van der Waals surface area contributed by atoms with Gasteiger partial charge in [0.1, 0.15) is 0 Å². The van der Waals surface area contributed by atoms with E-state index in [-0.39, 0.29) is 24.8 Å². The van der Waals surface area contributed by atoms with Gasteiger partial charge in [-0.25, -0.2) is 4.79 Å². The largest absolute Gasteiger partial charge is 0.392 e. The molecule has 3 N–H and O–H groups in total. The van der Waals surface area contributed by atoms with Gasteiger partial charge < -0.3 is 25.2 Å². The number of urea groups is 1. The number of aliphatic hydroxyl groups excluding tert-OH is 1. The fourth-order valence-electron chi connectivity index (χ4n) is 7.18. The molecule has 2 aromatic rings. The monoisotopic (exact) mass is 521 g/mol. The summed E-state index contributed by atoms with van der Waals surface area (Å²) in [5.41, 5.74) is 4.31. The Morgan fingerprint density at radius 3 is 2.61 bits per heavy atom. The van der Waals surface area contributed by atoms with Crippen LogP contribution in [0.25, 0.3) is 0 Å². The standard InChI is InChI=1S/C31H43N3O4/c1-5-32-29(36)33-24-8-6-7-23(13-24)28-37-26(14-27(38-28)22-11-9-21(18-35)10-12-22)17-34-20-31(4)16-25(34)15-30(2,3)19-31/h6-13,25-28,35H,5,14-20H2,1-4H3,(H2,32,33,36). The number of nitrogens with zero attached hydrogens (tertiary/aromatic N) is 1. The highest BCUT2D eigenvalue weighted by atomic mass is 16.7. The van der Waals surface area contributed by atoms with Crippen LogP contribution in [0, 0.1) is 10.8 Å². The number of carbonyl (C=O) groups is 1. The third-order valence-corrected chi connectivity index (χ3v) is 8.33. The number of likely N-dealkylation sites (tertiary alicyclic amines) is 1. The number of hydrogen-bond donors (Lipinski definition) is 3. The maximum Gasteiger partial charge on any atom is 0.319 e. The van der Waals surface area contributed by atoms with Gasteiger partial charge in [-0.3, -0.25) is 4.90 Å². The van der Waals surface area contributed by atoms with Crippen LogP contribution in [0.4, 0.5) is 10.5 Å². The summed E-state index contributed by atoms with van der Waals surface area (Å²) in [6.45, 7) is 11.8. The minimum atomic E-state index is -0.540. The van der Waals surface area contributed by atoms with Crippen molar-refractivity contribution in [3.05, 3.63) is 65.2 Å². The van der Waals surface area contributed by atoms with E-state index in [1.807, 2.05) is 43.3 Å². The molecule has 1 aliphatic carbocycles. The number of aliphatic hydroxyl groups is 1. The summed E-state index contributed by atoms with van der Waals surface area (Å²) in [7, 11) is 0. The van der Waals surface area contributed by atoms with Crippen LogP contribution in [0.1, 0.15) is 82.5 Å². The lowest BCUT2D eigenvalue weighted by Gasteiger charge is -2.41. The highest BCUT2D eigenvalue weighted by Crippen LogP contribution is 2.53. The van der Waals surface area contributed by atoms with Crippen LogP contribution in [0.15, 0.2) is 48.5 Å². The van der Waals surface area contributed by atoms with Gasteiger partial charge in [-0.1, -0.05) is 57.2 Å². The second kappa shape index (κ2) is 11.0. The van der Waals surface area contributed by atoms with Crippen LogP contribution < -0.4 is 10.6 Å². The summed E-state index contributed by atoms with van der Waals surface area (Å²) < 4.78 is 13.2. The average molecular weight is 522 g/mol. The smallest absolute Gasteiger partial charge is 0.319 e. The van der Waals surface area contributed by atoms with Crippen LogP contribution in [0.2, 0.25) is 0 Å². The molecule has 2 aromatic carbocycles. The predicted molar refractivity (Wildman–Crippen MR) is 149 cm³/mol. The Hall–Kier alpha value is -2.45. The first-order chi connectivity index (χ1) is 18.1. The van der Waals surface area contributed by atoms with Crippen molar-refractivity contribution in [1.29, 1.82) is 0 Å². The molecular weight excluding hydrogens is 478 g/mol. The summed E-state index contributed by atoms with van der Waals surface area (Å²) >= 11 is 0. The highest BCUT2D eigenvalue weighted by Gasteiger charge is 2.50. The number of benzene rings is 2. The lowest BCUT2D eigenvalue weighted by atomic mass is 9.65. The lowest BCUT2D eigenvalue weighted by Crippen LogP contribution is -2.42. The van der Waals surface area contributed by atoms with E-state index in [0.29, 0.717) is 29.1 Å². The summed E-state index contributed by atoms with van der Waals surface area (Å²) in [5.74, 6) is 0. The molecule has 0 aromatic heterocycles. The minimum Gasteiger partial charge on any atom is -0.392 e. The Morgan fingerprint density at radius 1 is 1.08 bits per heavy atom. The molecule has 0 spiro atoms. The van der Waals surface area contributed by atoms with Crippen molar-refractivity contribution < 1.29 is 19.4 Å². The first kappa shape index (κ1) is 27.1. The molecule has 1 saturated carbocycles. The zero-order chi connectivity index (χ0) is 26.9. The van der Waals surface area contributed by atoms with E-state index < -0.39 is 6.29 Å². The van der Waals surface area contributed by atoms with Gasteiger partial charge >= 0.3 is 6.03 Å². The molecule has 2 heterocycles. The van der Waals surface area contributed by atoms with E-state index >= 15 is 0 Å². The van der Waals surface area contributed by atoms with Gasteiger partial charge in [0.2, 0.25) is 0 Å². The second-order valence-electron chi connectivity index (χ2n) is 12.6. The molecule has 3 fully saturated rings. The Kier molecular flexibility index (Phi) is 7.83.